The van der Waals surface area contributed by atoms with Crippen LogP contribution in [0.5, 0.6) is 0 Å². The summed E-state index contributed by atoms with van der Waals surface area (Å²) in [5.74, 6) is 2.30. The van der Waals surface area contributed by atoms with Gasteiger partial charge >= 0.3 is 0 Å². The number of nitrogens with zero attached hydrogens (tertiary/aromatic N) is 1. The minimum Gasteiger partial charge on any atom is -0.348 e. The molecule has 4 aliphatic carbocycles. The van der Waals surface area contributed by atoms with E-state index in [0.717, 1.165) is 24.2 Å². The zero-order chi connectivity index (χ0) is 27.5. The number of hydrogen-bond donors (Lipinski definition) is 2. The quantitative estimate of drug-likeness (QED) is 0.440. The van der Waals surface area contributed by atoms with Gasteiger partial charge in [0, 0.05) is 23.7 Å². The minimum absolute atomic E-state index is 0.000959. The highest BCUT2D eigenvalue weighted by atomic mass is 32.2. The predicted molar refractivity (Wildman–Crippen MR) is 149 cm³/mol. The molecule has 7 nitrogen and oxygen atoms in total. The van der Waals surface area contributed by atoms with Crippen LogP contribution in [0.3, 0.4) is 0 Å². The lowest BCUT2D eigenvalue weighted by Gasteiger charge is -2.57. The number of benzene rings is 1. The fourth-order valence-corrected chi connectivity index (χ4v) is 11.0. The monoisotopic (exact) mass is 541 g/mol. The van der Waals surface area contributed by atoms with Crippen molar-refractivity contribution in [2.24, 2.45) is 23.2 Å². The maximum Gasteiger partial charge on any atom is 0.244 e. The summed E-state index contributed by atoms with van der Waals surface area (Å²) in [5.41, 5.74) is -0.574. The Hall–Kier alpha value is -2.19. The molecule has 1 heterocycles. The van der Waals surface area contributed by atoms with Crippen molar-refractivity contribution in [3.05, 3.63) is 36.9 Å². The maximum atomic E-state index is 13.8. The van der Waals surface area contributed by atoms with E-state index in [0.29, 0.717) is 23.9 Å². The van der Waals surface area contributed by atoms with Crippen LogP contribution in [0.4, 0.5) is 5.69 Å². The lowest BCUT2D eigenvalue weighted by atomic mass is 9.48. The number of hydrogen-bond acceptors (Lipinski definition) is 4. The topological polar surface area (TPSA) is 95.6 Å². The van der Waals surface area contributed by atoms with Crippen molar-refractivity contribution in [3.63, 3.8) is 0 Å². The van der Waals surface area contributed by atoms with E-state index in [1.54, 1.807) is 24.3 Å². The van der Waals surface area contributed by atoms with Gasteiger partial charge in [-0.15, -0.1) is 0 Å². The second kappa shape index (κ2) is 9.47. The molecule has 0 radical (unpaired) electrons. The first-order valence-electron chi connectivity index (χ1n) is 14.1. The van der Waals surface area contributed by atoms with E-state index in [-0.39, 0.29) is 22.8 Å². The minimum atomic E-state index is -3.87. The zero-order valence-electron chi connectivity index (χ0n) is 23.3. The van der Waals surface area contributed by atoms with E-state index < -0.39 is 21.1 Å². The Morgan fingerprint density at radius 3 is 2.05 bits per heavy atom. The molecular weight excluding hydrogens is 498 g/mol. The van der Waals surface area contributed by atoms with Gasteiger partial charge in [0.2, 0.25) is 21.8 Å². The summed E-state index contributed by atoms with van der Waals surface area (Å²) in [5, 5.41) is 5.89. The van der Waals surface area contributed by atoms with Crippen molar-refractivity contribution >= 4 is 27.5 Å². The number of carbonyl (C=O) groups is 2. The summed E-state index contributed by atoms with van der Waals surface area (Å²) in [4.78, 5) is 25.0. The summed E-state index contributed by atoms with van der Waals surface area (Å²) >= 11 is 0. The first kappa shape index (κ1) is 27.4. The number of carbonyl (C=O) groups excluding carboxylic acids is 2. The van der Waals surface area contributed by atoms with Crippen LogP contribution in [0.15, 0.2) is 41.8 Å². The Balaban J connectivity index is 1.24. The molecule has 208 valence electrons. The van der Waals surface area contributed by atoms with Gasteiger partial charge in [0.1, 0.15) is 0 Å². The highest BCUT2D eigenvalue weighted by molar-refractivity contribution is 7.89. The van der Waals surface area contributed by atoms with E-state index in [9.17, 15) is 18.0 Å². The van der Waals surface area contributed by atoms with E-state index in [4.69, 9.17) is 0 Å². The summed E-state index contributed by atoms with van der Waals surface area (Å²) in [6.45, 7) is 10.9. The molecule has 0 aromatic heterocycles. The molecule has 4 saturated carbocycles. The molecule has 0 spiro atoms. The van der Waals surface area contributed by atoms with Gasteiger partial charge < -0.3 is 10.6 Å². The van der Waals surface area contributed by atoms with Gasteiger partial charge in [-0.1, -0.05) is 6.58 Å². The molecule has 1 aromatic carbocycles. The van der Waals surface area contributed by atoms with Crippen LogP contribution in [0.2, 0.25) is 0 Å². The number of rotatable bonds is 8. The summed E-state index contributed by atoms with van der Waals surface area (Å²) in [6.07, 6.45) is 11.2. The largest absolute Gasteiger partial charge is 0.348 e. The number of sulfonamides is 1. The lowest BCUT2D eigenvalue weighted by molar-refractivity contribution is -0.119. The second-order valence-electron chi connectivity index (χ2n) is 13.7. The third-order valence-electron chi connectivity index (χ3n) is 9.86. The van der Waals surface area contributed by atoms with Gasteiger partial charge in [-0.2, -0.15) is 4.31 Å². The van der Waals surface area contributed by atoms with Gasteiger partial charge in [0.15, 0.2) is 0 Å². The zero-order valence-corrected chi connectivity index (χ0v) is 24.1. The molecule has 6 rings (SSSR count). The average molecular weight is 542 g/mol. The Morgan fingerprint density at radius 1 is 0.974 bits per heavy atom. The Labute approximate surface area is 227 Å². The molecule has 1 aromatic rings. The van der Waals surface area contributed by atoms with Crippen LogP contribution < -0.4 is 10.6 Å². The van der Waals surface area contributed by atoms with Crippen LogP contribution in [-0.2, 0) is 19.6 Å². The van der Waals surface area contributed by atoms with Crippen molar-refractivity contribution in [3.8, 4) is 0 Å². The molecule has 4 bridgehead atoms. The van der Waals surface area contributed by atoms with Gasteiger partial charge in [0.05, 0.1) is 10.4 Å². The van der Waals surface area contributed by atoms with E-state index >= 15 is 0 Å². The molecule has 2 N–H and O–H groups in total. The van der Waals surface area contributed by atoms with Gasteiger partial charge in [0.25, 0.3) is 0 Å². The van der Waals surface area contributed by atoms with E-state index in [1.807, 2.05) is 27.7 Å². The van der Waals surface area contributed by atoms with Gasteiger partial charge in [-0.05, 0) is 133 Å². The Kier molecular flexibility index (Phi) is 6.83. The fourth-order valence-electron chi connectivity index (χ4n) is 8.86. The Bertz CT molecular complexity index is 1180. The smallest absolute Gasteiger partial charge is 0.244 e. The van der Waals surface area contributed by atoms with Crippen molar-refractivity contribution in [2.75, 3.05) is 5.32 Å². The number of nitrogens with one attached hydrogen (secondary N) is 2. The van der Waals surface area contributed by atoms with E-state index in [2.05, 4.69) is 17.2 Å². The molecule has 38 heavy (non-hydrogen) atoms. The van der Waals surface area contributed by atoms with Crippen molar-refractivity contribution < 1.29 is 18.0 Å². The van der Waals surface area contributed by atoms with Crippen molar-refractivity contribution in [2.45, 2.75) is 107 Å². The van der Waals surface area contributed by atoms with Crippen molar-refractivity contribution in [1.29, 1.82) is 0 Å². The first-order chi connectivity index (χ1) is 17.7. The molecule has 1 atom stereocenters. The number of anilines is 1. The highest BCUT2D eigenvalue weighted by Gasteiger charge is 2.57. The third-order valence-corrected chi connectivity index (χ3v) is 12.2. The molecule has 5 fully saturated rings. The van der Waals surface area contributed by atoms with Crippen molar-refractivity contribution in [1.82, 2.24) is 9.62 Å². The van der Waals surface area contributed by atoms with Gasteiger partial charge in [-0.25, -0.2) is 8.42 Å². The predicted octanol–water partition coefficient (Wildman–Crippen LogP) is 5.24. The fraction of sp³-hybridized carbons (Fsp3) is 0.667. The molecule has 1 aliphatic heterocycles. The Morgan fingerprint density at radius 2 is 1.53 bits per heavy atom. The summed E-state index contributed by atoms with van der Waals surface area (Å²) < 4.78 is 29.1. The van der Waals surface area contributed by atoms with Crippen LogP contribution in [0, 0.1) is 23.2 Å². The standard InChI is InChI=1S/C30H43N3O4S/c1-6-26(34)32-25-19-28(2,3)33(29(25,4)5)38(36,37)24-9-7-23(8-10-24)31-27(35)11-12-30-16-20-13-21(17-30)15-22(14-20)18-30/h6-10,20-22,25H,1,11-19H2,2-5H3,(H,31,35)(H,32,34). The van der Waals surface area contributed by atoms with Crippen LogP contribution in [-0.4, -0.2) is 41.7 Å². The molecular formula is C30H43N3O4S. The molecule has 1 unspecified atom stereocenters. The van der Waals surface area contributed by atoms with Crippen LogP contribution >= 0.6 is 0 Å². The summed E-state index contributed by atoms with van der Waals surface area (Å²) in [7, 11) is -3.87. The first-order valence-corrected chi connectivity index (χ1v) is 15.6. The SMILES string of the molecule is C=CC(=O)NC1CC(C)(C)N(S(=O)(=O)c2ccc(NC(=O)CCC34CC5CC(CC(C5)C3)C4)cc2)C1(C)C. The van der Waals surface area contributed by atoms with E-state index in [1.165, 1.54) is 48.9 Å². The maximum absolute atomic E-state index is 13.8. The lowest BCUT2D eigenvalue weighted by Crippen LogP contribution is -2.56. The summed E-state index contributed by atoms with van der Waals surface area (Å²) in [6, 6.07) is 6.10. The van der Waals surface area contributed by atoms with Gasteiger partial charge in [-0.3, -0.25) is 9.59 Å². The molecule has 5 aliphatic rings. The molecule has 2 amide bonds. The van der Waals surface area contributed by atoms with Crippen LogP contribution in [0.25, 0.3) is 0 Å². The van der Waals surface area contributed by atoms with Crippen LogP contribution in [0.1, 0.15) is 85.5 Å². The number of amides is 2. The molecule has 1 saturated heterocycles. The normalized spacial score (nSPS) is 33.2. The second-order valence-corrected chi connectivity index (χ2v) is 15.5. The highest BCUT2D eigenvalue weighted by Crippen LogP contribution is 2.61. The average Bonchev–Trinajstić information content (AvgIpc) is 3.00. The molecule has 8 heteroatoms. The third kappa shape index (κ3) is 4.94.